The van der Waals surface area contributed by atoms with E-state index in [1.165, 1.54) is 24.3 Å². The van der Waals surface area contributed by atoms with Crippen LogP contribution in [0.25, 0.3) is 0 Å². The third-order valence-electron chi connectivity index (χ3n) is 6.56. The molecule has 5 N–H and O–H groups in total. The Balaban J connectivity index is 0.000000687. The Bertz CT molecular complexity index is 1110. The zero-order chi connectivity index (χ0) is 27.5. The molecule has 1 aliphatic rings. The SMILES string of the molecule is O.O=C(O)C(=O)O.OC(c1ccc(F)cc1)(c1ccc(F)cc1)C1CCN(CCCOc2ccccc2)CC1. The van der Waals surface area contributed by atoms with Gasteiger partial charge in [0.2, 0.25) is 0 Å². The minimum absolute atomic E-state index is 0. The fourth-order valence-electron chi connectivity index (χ4n) is 4.62. The maximum absolute atomic E-state index is 13.5. The minimum Gasteiger partial charge on any atom is -0.494 e. The summed E-state index contributed by atoms with van der Waals surface area (Å²) in [5, 5.41) is 26.7. The summed E-state index contributed by atoms with van der Waals surface area (Å²) >= 11 is 0. The average molecular weight is 546 g/mol. The number of rotatable bonds is 8. The number of carboxylic acid groups (broad SMARTS) is 2. The lowest BCUT2D eigenvalue weighted by molar-refractivity contribution is -0.159. The predicted octanol–water partition coefficient (Wildman–Crippen LogP) is 3.71. The molecule has 1 saturated heterocycles. The van der Waals surface area contributed by atoms with Crippen LogP contribution in [0, 0.1) is 17.6 Å². The molecule has 0 spiro atoms. The number of aliphatic carboxylic acids is 2. The number of benzene rings is 3. The van der Waals surface area contributed by atoms with Crippen LogP contribution in [-0.4, -0.2) is 63.9 Å². The zero-order valence-electron chi connectivity index (χ0n) is 21.3. The number of piperidine rings is 1. The Morgan fingerprint density at radius 3 is 1.72 bits per heavy atom. The molecule has 210 valence electrons. The van der Waals surface area contributed by atoms with Crippen molar-refractivity contribution in [1.82, 2.24) is 4.90 Å². The molecule has 0 amide bonds. The molecule has 1 aliphatic heterocycles. The third kappa shape index (κ3) is 8.85. The van der Waals surface area contributed by atoms with E-state index in [0.29, 0.717) is 17.7 Å². The van der Waals surface area contributed by atoms with Crippen LogP contribution in [0.4, 0.5) is 8.78 Å². The molecule has 10 heteroatoms. The number of ether oxygens (including phenoxy) is 1. The van der Waals surface area contributed by atoms with Gasteiger partial charge in [-0.25, -0.2) is 18.4 Å². The highest BCUT2D eigenvalue weighted by atomic mass is 19.1. The minimum atomic E-state index is -1.82. The van der Waals surface area contributed by atoms with Crippen molar-refractivity contribution < 1.29 is 43.9 Å². The van der Waals surface area contributed by atoms with Gasteiger partial charge in [0.15, 0.2) is 0 Å². The van der Waals surface area contributed by atoms with Crippen molar-refractivity contribution in [2.24, 2.45) is 5.92 Å². The van der Waals surface area contributed by atoms with Crippen molar-refractivity contribution in [2.75, 3.05) is 26.2 Å². The summed E-state index contributed by atoms with van der Waals surface area (Å²) in [7, 11) is 0. The van der Waals surface area contributed by atoms with Gasteiger partial charge >= 0.3 is 11.9 Å². The first kappa shape index (κ1) is 31.4. The molecule has 4 rings (SSSR count). The highest BCUT2D eigenvalue weighted by molar-refractivity contribution is 6.27. The fraction of sp³-hybridized carbons (Fsp3) is 0.310. The summed E-state index contributed by atoms with van der Waals surface area (Å²) in [6.45, 7) is 3.32. The van der Waals surface area contributed by atoms with Gasteiger partial charge in [-0.2, -0.15) is 0 Å². The standard InChI is InChI=1S/C27H29F2NO2.C2H2O4.H2O/c28-24-11-7-21(8-12-24)27(31,22-9-13-25(29)14-10-22)23-15-18-30(19-16-23)17-4-20-32-26-5-2-1-3-6-26;3-1(4)2(5)6;/h1-3,5-14,23,31H,4,15-20H2;(H,3,4)(H,5,6);1H2. The van der Waals surface area contributed by atoms with Gasteiger partial charge in [-0.05, 0) is 85.8 Å². The summed E-state index contributed by atoms with van der Waals surface area (Å²) in [5.74, 6) is -3.50. The fourth-order valence-corrected chi connectivity index (χ4v) is 4.62. The Morgan fingerprint density at radius 1 is 0.821 bits per heavy atom. The van der Waals surface area contributed by atoms with Gasteiger partial charge in [0.1, 0.15) is 23.0 Å². The van der Waals surface area contributed by atoms with E-state index in [4.69, 9.17) is 24.5 Å². The number of hydrogen-bond donors (Lipinski definition) is 3. The Morgan fingerprint density at radius 2 is 1.28 bits per heavy atom. The molecule has 0 aliphatic carbocycles. The average Bonchev–Trinajstić information content (AvgIpc) is 2.93. The second-order valence-electron chi connectivity index (χ2n) is 9.02. The van der Waals surface area contributed by atoms with E-state index in [2.05, 4.69) is 4.90 Å². The van der Waals surface area contributed by atoms with Crippen LogP contribution >= 0.6 is 0 Å². The molecule has 0 atom stereocenters. The van der Waals surface area contributed by atoms with E-state index < -0.39 is 17.5 Å². The van der Waals surface area contributed by atoms with E-state index >= 15 is 0 Å². The first-order valence-corrected chi connectivity index (χ1v) is 12.3. The molecule has 3 aromatic carbocycles. The number of likely N-dealkylation sites (tertiary alicyclic amines) is 1. The van der Waals surface area contributed by atoms with Crippen LogP contribution < -0.4 is 4.74 Å². The van der Waals surface area contributed by atoms with Gasteiger partial charge in [0, 0.05) is 6.54 Å². The summed E-state index contributed by atoms with van der Waals surface area (Å²) in [6, 6.07) is 21.8. The highest BCUT2D eigenvalue weighted by Gasteiger charge is 2.41. The predicted molar refractivity (Wildman–Crippen MR) is 140 cm³/mol. The smallest absolute Gasteiger partial charge is 0.414 e. The number of carbonyl (C=O) groups is 2. The molecule has 1 fully saturated rings. The molecule has 0 radical (unpaired) electrons. The van der Waals surface area contributed by atoms with Crippen molar-refractivity contribution >= 4 is 11.9 Å². The molecule has 3 aromatic rings. The lowest BCUT2D eigenvalue weighted by Gasteiger charge is -2.42. The quantitative estimate of drug-likeness (QED) is 0.290. The van der Waals surface area contributed by atoms with Gasteiger partial charge in [-0.3, -0.25) is 0 Å². The molecule has 1 heterocycles. The molecule has 0 unspecified atom stereocenters. The molecule has 0 bridgehead atoms. The van der Waals surface area contributed by atoms with E-state index in [1.807, 2.05) is 30.3 Å². The van der Waals surface area contributed by atoms with Crippen LogP contribution in [-0.2, 0) is 15.2 Å². The van der Waals surface area contributed by atoms with Crippen LogP contribution in [0.3, 0.4) is 0 Å². The van der Waals surface area contributed by atoms with Crippen molar-refractivity contribution in [3.63, 3.8) is 0 Å². The Kier molecular flexibility index (Phi) is 12.0. The van der Waals surface area contributed by atoms with Crippen molar-refractivity contribution in [1.29, 1.82) is 0 Å². The lowest BCUT2D eigenvalue weighted by Crippen LogP contribution is -2.44. The molecule has 39 heavy (non-hydrogen) atoms. The van der Waals surface area contributed by atoms with E-state index in [1.54, 1.807) is 24.3 Å². The van der Waals surface area contributed by atoms with E-state index in [9.17, 15) is 13.9 Å². The molecule has 0 saturated carbocycles. The normalized spacial score (nSPS) is 13.9. The third-order valence-corrected chi connectivity index (χ3v) is 6.56. The van der Waals surface area contributed by atoms with Crippen molar-refractivity contribution in [3.05, 3.63) is 102 Å². The topological polar surface area (TPSA) is 139 Å². The largest absolute Gasteiger partial charge is 0.494 e. The number of para-hydroxylation sites is 1. The first-order chi connectivity index (χ1) is 18.2. The van der Waals surface area contributed by atoms with E-state index in [-0.39, 0.29) is 23.0 Å². The second kappa shape index (κ2) is 14.9. The maximum Gasteiger partial charge on any atom is 0.414 e. The number of carboxylic acids is 2. The van der Waals surface area contributed by atoms with Gasteiger partial charge in [-0.15, -0.1) is 0 Å². The van der Waals surface area contributed by atoms with Crippen molar-refractivity contribution in [2.45, 2.75) is 24.9 Å². The van der Waals surface area contributed by atoms with Crippen LogP contribution in [0.2, 0.25) is 0 Å². The lowest BCUT2D eigenvalue weighted by atomic mass is 9.72. The van der Waals surface area contributed by atoms with Gasteiger partial charge in [0.25, 0.3) is 0 Å². The van der Waals surface area contributed by atoms with Gasteiger partial charge in [0.05, 0.1) is 6.61 Å². The Labute approximate surface area is 225 Å². The van der Waals surface area contributed by atoms with Crippen LogP contribution in [0.1, 0.15) is 30.4 Å². The summed E-state index contributed by atoms with van der Waals surface area (Å²) in [5.41, 5.74) is -0.00960. The molecule has 8 nitrogen and oxygen atoms in total. The Hall–Kier alpha value is -3.86. The molecule has 0 aromatic heterocycles. The van der Waals surface area contributed by atoms with Crippen LogP contribution in [0.15, 0.2) is 78.9 Å². The van der Waals surface area contributed by atoms with E-state index in [0.717, 1.165) is 44.6 Å². The first-order valence-electron chi connectivity index (χ1n) is 12.3. The zero-order valence-corrected chi connectivity index (χ0v) is 21.3. The second-order valence-corrected chi connectivity index (χ2v) is 9.02. The monoisotopic (exact) mass is 545 g/mol. The molecular formula is C29H33F2NO7. The van der Waals surface area contributed by atoms with Gasteiger partial charge < -0.3 is 30.4 Å². The molecular weight excluding hydrogens is 512 g/mol. The summed E-state index contributed by atoms with van der Waals surface area (Å²) < 4.78 is 32.8. The van der Waals surface area contributed by atoms with Gasteiger partial charge in [-0.1, -0.05) is 42.5 Å². The summed E-state index contributed by atoms with van der Waals surface area (Å²) in [4.78, 5) is 20.6. The van der Waals surface area contributed by atoms with Crippen LogP contribution in [0.5, 0.6) is 5.75 Å². The number of halogens is 2. The highest BCUT2D eigenvalue weighted by Crippen LogP contribution is 2.42. The number of aliphatic hydroxyl groups is 1. The summed E-state index contributed by atoms with van der Waals surface area (Å²) in [6.07, 6.45) is 2.52. The maximum atomic E-state index is 13.5. The number of hydrogen-bond acceptors (Lipinski definition) is 5. The number of nitrogens with zero attached hydrogens (tertiary/aromatic N) is 1. The van der Waals surface area contributed by atoms with Crippen molar-refractivity contribution in [3.8, 4) is 5.75 Å².